The third-order valence-electron chi connectivity index (χ3n) is 5.74. The first-order valence-electron chi connectivity index (χ1n) is 13.5. The fraction of sp³-hybridized carbons (Fsp3) is 0.593. The summed E-state index contributed by atoms with van der Waals surface area (Å²) in [5.74, 6) is -1.62. The Morgan fingerprint density at radius 2 is 1.71 bits per heavy atom. The highest BCUT2D eigenvalue weighted by Crippen LogP contribution is 2.45. The summed E-state index contributed by atoms with van der Waals surface area (Å²) in [7, 11) is -2.89. The Bertz CT molecular complexity index is 1290. The minimum Gasteiger partial charge on any atom is -0.457 e. The van der Waals surface area contributed by atoms with Crippen molar-refractivity contribution in [3.8, 4) is 5.75 Å². The van der Waals surface area contributed by atoms with Crippen molar-refractivity contribution < 1.29 is 41.7 Å². The van der Waals surface area contributed by atoms with E-state index < -0.39 is 73.9 Å². The van der Waals surface area contributed by atoms with Gasteiger partial charge in [-0.05, 0) is 53.7 Å². The molecule has 1 heterocycles. The summed E-state index contributed by atoms with van der Waals surface area (Å²) in [6, 6.07) is 7.64. The first-order chi connectivity index (χ1) is 19.7. The molecule has 0 amide bonds. The molecule has 2 rings (SSSR count). The number of carbonyl (C=O) groups is 1. The normalized spacial score (nSPS) is 15.5. The van der Waals surface area contributed by atoms with E-state index in [1.807, 2.05) is 4.98 Å². The van der Waals surface area contributed by atoms with Gasteiger partial charge in [0, 0.05) is 20.3 Å². The number of hydrogen-bond donors (Lipinski definition) is 2. The Balaban J connectivity index is 2.39. The number of esters is 1. The monoisotopic (exact) mass is 617 g/mol. The molecule has 0 bridgehead atoms. The van der Waals surface area contributed by atoms with E-state index in [2.05, 4.69) is 5.09 Å². The second kappa shape index (κ2) is 16.1. The Morgan fingerprint density at radius 1 is 1.10 bits per heavy atom. The van der Waals surface area contributed by atoms with Gasteiger partial charge >= 0.3 is 19.4 Å². The second-order valence-corrected chi connectivity index (χ2v) is 11.9. The fourth-order valence-electron chi connectivity index (χ4n) is 3.54. The van der Waals surface area contributed by atoms with Crippen molar-refractivity contribution in [3.63, 3.8) is 0 Å². The molecule has 0 aliphatic rings. The molecule has 42 heavy (non-hydrogen) atoms. The van der Waals surface area contributed by atoms with Crippen LogP contribution in [0.25, 0.3) is 0 Å². The van der Waals surface area contributed by atoms with Gasteiger partial charge in [-0.1, -0.05) is 18.2 Å². The maximum atomic E-state index is 14.1. The van der Waals surface area contributed by atoms with Gasteiger partial charge in [0.1, 0.15) is 18.0 Å². The van der Waals surface area contributed by atoms with Gasteiger partial charge in [-0.15, -0.1) is 0 Å². The van der Waals surface area contributed by atoms with E-state index in [0.29, 0.717) is 19.4 Å². The van der Waals surface area contributed by atoms with E-state index in [9.17, 15) is 23.3 Å². The molecule has 1 aromatic carbocycles. The van der Waals surface area contributed by atoms with Gasteiger partial charge in [0.25, 0.3) is 5.56 Å². The van der Waals surface area contributed by atoms with Crippen LogP contribution in [0.2, 0.25) is 0 Å². The second-order valence-electron chi connectivity index (χ2n) is 10.3. The van der Waals surface area contributed by atoms with Gasteiger partial charge in [0.15, 0.2) is 6.29 Å². The lowest BCUT2D eigenvalue weighted by Gasteiger charge is -2.31. The van der Waals surface area contributed by atoms with E-state index in [-0.39, 0.29) is 5.75 Å². The lowest BCUT2D eigenvalue weighted by Crippen LogP contribution is -2.45. The van der Waals surface area contributed by atoms with Crippen molar-refractivity contribution in [3.05, 3.63) is 63.2 Å². The fourth-order valence-corrected chi connectivity index (χ4v) is 5.08. The molecule has 0 fully saturated rings. The molecule has 1 unspecified atom stereocenters. The number of rotatable bonds is 17. The molecule has 0 spiro atoms. The molecular formula is C27H41FN3O10P. The highest BCUT2D eigenvalue weighted by atomic mass is 31.2. The van der Waals surface area contributed by atoms with Crippen LogP contribution >= 0.6 is 7.75 Å². The molecule has 0 radical (unpaired) electrons. The lowest BCUT2D eigenvalue weighted by atomic mass is 9.97. The van der Waals surface area contributed by atoms with Crippen LogP contribution in [0.1, 0.15) is 41.5 Å². The van der Waals surface area contributed by atoms with E-state index >= 15 is 0 Å². The number of methoxy groups -OCH3 is 1. The summed E-state index contributed by atoms with van der Waals surface area (Å²) < 4.78 is 62.8. The highest BCUT2D eigenvalue weighted by Gasteiger charge is 2.37. The number of para-hydroxylation sites is 1. The molecule has 0 aliphatic carbocycles. The molecule has 0 saturated heterocycles. The summed E-state index contributed by atoms with van der Waals surface area (Å²) in [6.07, 6.45) is -2.46. The number of carbonyl (C=O) groups excluding carboxylic acids is 1. The minimum absolute atomic E-state index is 0.241. The summed E-state index contributed by atoms with van der Waals surface area (Å²) in [6.45, 7) is 9.91. The van der Waals surface area contributed by atoms with Gasteiger partial charge in [-0.2, -0.15) is 4.39 Å². The summed E-state index contributed by atoms with van der Waals surface area (Å²) >= 11 is 0. The van der Waals surface area contributed by atoms with E-state index in [4.69, 9.17) is 28.0 Å². The lowest BCUT2D eigenvalue weighted by molar-refractivity contribution is -0.168. The maximum Gasteiger partial charge on any atom is 0.459 e. The molecule has 2 aromatic rings. The van der Waals surface area contributed by atoms with E-state index in [1.165, 1.54) is 7.11 Å². The van der Waals surface area contributed by atoms with Crippen molar-refractivity contribution in [2.45, 2.75) is 72.6 Å². The first kappa shape index (κ1) is 35.3. The molecule has 15 heteroatoms. The van der Waals surface area contributed by atoms with Crippen LogP contribution in [-0.2, 0) is 39.4 Å². The number of hydrogen-bond acceptors (Lipinski definition) is 10. The van der Waals surface area contributed by atoms with Crippen molar-refractivity contribution in [1.82, 2.24) is 14.6 Å². The predicted octanol–water partition coefficient (Wildman–Crippen LogP) is 3.23. The number of ether oxygens (including phenoxy) is 4. The van der Waals surface area contributed by atoms with Crippen LogP contribution in [-0.4, -0.2) is 67.0 Å². The molecule has 0 saturated carbocycles. The van der Waals surface area contributed by atoms with Crippen molar-refractivity contribution in [1.29, 1.82) is 0 Å². The molecule has 13 nitrogen and oxygen atoms in total. The maximum absolute atomic E-state index is 14.1. The third-order valence-corrected chi connectivity index (χ3v) is 7.41. The zero-order valence-electron chi connectivity index (χ0n) is 25.0. The Morgan fingerprint density at radius 3 is 2.26 bits per heavy atom. The molecule has 2 N–H and O–H groups in total. The number of aromatic nitrogens is 2. The number of halogens is 1. The van der Waals surface area contributed by atoms with Crippen molar-refractivity contribution in [2.75, 3.05) is 26.9 Å². The smallest absolute Gasteiger partial charge is 0.457 e. The topological polar surface area (TPSA) is 156 Å². The highest BCUT2D eigenvalue weighted by molar-refractivity contribution is 7.52. The standard InChI is InChI=1S/C27H41FN3O10P/c1-8-37-24(38-9-2)18(3)30-42(35,41-19-13-11-10-12-14-19)39-17-22(36-7)21(40-25(33)27(4,5)6)16-31-15-20(28)23(32)29-26(31)34/h10-15,18,21-22,24H,8-9,16-17H2,1-7H3,(H,30,35)(H,29,32,34)/t18-,21-,22+,42?/m0/s1. The largest absolute Gasteiger partial charge is 0.459 e. The van der Waals surface area contributed by atoms with Crippen molar-refractivity contribution >= 4 is 13.7 Å². The minimum atomic E-state index is -4.18. The van der Waals surface area contributed by atoms with Crippen LogP contribution in [0.5, 0.6) is 5.75 Å². The third kappa shape index (κ3) is 10.8. The van der Waals surface area contributed by atoms with Gasteiger partial charge in [0.05, 0.1) is 30.8 Å². The zero-order valence-corrected chi connectivity index (χ0v) is 25.9. The summed E-state index contributed by atoms with van der Waals surface area (Å²) in [4.78, 5) is 38.6. The number of nitrogens with zero attached hydrogens (tertiary/aromatic N) is 1. The van der Waals surface area contributed by atoms with Gasteiger partial charge in [0.2, 0.25) is 5.82 Å². The predicted molar refractivity (Wildman–Crippen MR) is 152 cm³/mol. The summed E-state index contributed by atoms with van der Waals surface area (Å²) in [5.41, 5.74) is -3.07. The average Bonchev–Trinajstić information content (AvgIpc) is 2.91. The van der Waals surface area contributed by atoms with Crippen LogP contribution in [0.3, 0.4) is 0 Å². The quantitative estimate of drug-likeness (QED) is 0.153. The van der Waals surface area contributed by atoms with Crippen LogP contribution < -0.4 is 20.9 Å². The van der Waals surface area contributed by atoms with Gasteiger partial charge in [-0.25, -0.2) is 14.4 Å². The van der Waals surface area contributed by atoms with Crippen LogP contribution in [0, 0.1) is 11.2 Å². The van der Waals surface area contributed by atoms with Crippen molar-refractivity contribution in [2.24, 2.45) is 5.41 Å². The van der Waals surface area contributed by atoms with Crippen LogP contribution in [0.15, 0.2) is 46.1 Å². The van der Waals surface area contributed by atoms with Gasteiger partial charge < -0.3 is 23.5 Å². The molecule has 4 atom stereocenters. The number of nitrogens with one attached hydrogen (secondary N) is 2. The Hall–Kier alpha value is -2.87. The Labute approximate surface area is 244 Å². The SMILES string of the molecule is CCOC(OCC)[C@H](C)NP(=O)(OC[C@@H](OC)[C@H](Cn1cc(F)c(=O)[nH]c1=O)OC(=O)C(C)(C)C)Oc1ccccc1. The average molecular weight is 618 g/mol. The number of aromatic amines is 1. The number of H-pyrrole nitrogens is 1. The van der Waals surface area contributed by atoms with E-state index in [1.54, 1.807) is 71.9 Å². The summed E-state index contributed by atoms with van der Waals surface area (Å²) in [5, 5.41) is 2.82. The zero-order chi connectivity index (χ0) is 31.5. The first-order valence-corrected chi connectivity index (χ1v) is 15.0. The molecular weight excluding hydrogens is 576 g/mol. The van der Waals surface area contributed by atoms with E-state index in [0.717, 1.165) is 4.57 Å². The Kier molecular flexibility index (Phi) is 13.5. The molecule has 236 valence electrons. The number of benzene rings is 1. The van der Waals surface area contributed by atoms with Crippen LogP contribution in [0.4, 0.5) is 4.39 Å². The molecule has 0 aliphatic heterocycles. The molecule has 1 aromatic heterocycles. The van der Waals surface area contributed by atoms with Gasteiger partial charge in [-0.3, -0.25) is 23.7 Å².